The predicted octanol–water partition coefficient (Wildman–Crippen LogP) is 4.83. The SMILES string of the molecule is C\C=C/C(=C\C(=C\OCCCC)OCCCC)CCC(=O)O. The number of carbonyl (C=O) groups is 1. The Labute approximate surface area is 134 Å². The standard InChI is InChI=1S/C18H30O4/c1-4-7-12-21-15-17(22-13-8-5-2)14-16(9-6-3)10-11-18(19)20/h6,9,14-15H,4-5,7-8,10-13H2,1-3H3,(H,19,20)/b9-6-,16-14+,17-15-. The molecule has 0 spiro atoms. The fourth-order valence-electron chi connectivity index (χ4n) is 1.66. The van der Waals surface area contributed by atoms with Gasteiger partial charge >= 0.3 is 5.97 Å². The highest BCUT2D eigenvalue weighted by Crippen LogP contribution is 2.13. The van der Waals surface area contributed by atoms with Crippen molar-refractivity contribution >= 4 is 5.97 Å². The van der Waals surface area contributed by atoms with Crippen LogP contribution < -0.4 is 0 Å². The van der Waals surface area contributed by atoms with Crippen molar-refractivity contribution in [1.29, 1.82) is 0 Å². The first-order chi connectivity index (χ1) is 10.6. The Kier molecular flexibility index (Phi) is 13.1. The van der Waals surface area contributed by atoms with Gasteiger partial charge in [-0.2, -0.15) is 0 Å². The third-order valence-corrected chi connectivity index (χ3v) is 2.92. The van der Waals surface area contributed by atoms with E-state index in [4.69, 9.17) is 14.6 Å². The maximum Gasteiger partial charge on any atom is 0.303 e. The molecular weight excluding hydrogens is 280 g/mol. The van der Waals surface area contributed by atoms with E-state index in [0.717, 1.165) is 31.3 Å². The Morgan fingerprint density at radius 1 is 1.09 bits per heavy atom. The van der Waals surface area contributed by atoms with Gasteiger partial charge in [-0.1, -0.05) is 38.8 Å². The Bertz CT molecular complexity index is 381. The number of ether oxygens (including phenoxy) is 2. The molecule has 0 atom stereocenters. The van der Waals surface area contributed by atoms with E-state index in [0.29, 0.717) is 25.4 Å². The number of rotatable bonds is 13. The summed E-state index contributed by atoms with van der Waals surface area (Å²) in [6.45, 7) is 7.44. The maximum absolute atomic E-state index is 10.7. The molecule has 0 aromatic rings. The molecule has 0 aliphatic carbocycles. The molecule has 0 bridgehead atoms. The van der Waals surface area contributed by atoms with Gasteiger partial charge in [0, 0.05) is 6.42 Å². The van der Waals surface area contributed by atoms with Gasteiger partial charge in [-0.3, -0.25) is 4.79 Å². The summed E-state index contributed by atoms with van der Waals surface area (Å²) in [7, 11) is 0. The van der Waals surface area contributed by atoms with Crippen molar-refractivity contribution in [2.75, 3.05) is 13.2 Å². The van der Waals surface area contributed by atoms with E-state index in [-0.39, 0.29) is 6.42 Å². The fourth-order valence-corrected chi connectivity index (χ4v) is 1.66. The number of aliphatic carboxylic acids is 1. The van der Waals surface area contributed by atoms with Crippen molar-refractivity contribution in [3.05, 3.63) is 35.8 Å². The van der Waals surface area contributed by atoms with Crippen molar-refractivity contribution in [3.63, 3.8) is 0 Å². The van der Waals surface area contributed by atoms with E-state index in [1.807, 2.05) is 25.2 Å². The van der Waals surface area contributed by atoms with E-state index in [1.165, 1.54) is 0 Å². The average Bonchev–Trinajstić information content (AvgIpc) is 2.49. The van der Waals surface area contributed by atoms with Crippen LogP contribution in [0, 0.1) is 0 Å². The van der Waals surface area contributed by atoms with E-state index >= 15 is 0 Å². The summed E-state index contributed by atoms with van der Waals surface area (Å²) in [5.41, 5.74) is 0.923. The number of unbranched alkanes of at least 4 members (excludes halogenated alkanes) is 2. The van der Waals surface area contributed by atoms with Gasteiger partial charge in [0.05, 0.1) is 13.2 Å². The third-order valence-electron chi connectivity index (χ3n) is 2.92. The Morgan fingerprint density at radius 3 is 2.36 bits per heavy atom. The molecule has 0 heterocycles. The minimum Gasteiger partial charge on any atom is -0.497 e. The third kappa shape index (κ3) is 12.1. The van der Waals surface area contributed by atoms with Crippen LogP contribution in [0.15, 0.2) is 35.8 Å². The molecule has 4 nitrogen and oxygen atoms in total. The zero-order chi connectivity index (χ0) is 16.6. The highest BCUT2D eigenvalue weighted by atomic mass is 16.5. The van der Waals surface area contributed by atoms with Crippen molar-refractivity contribution in [1.82, 2.24) is 0 Å². The van der Waals surface area contributed by atoms with Crippen LogP contribution in [0.4, 0.5) is 0 Å². The van der Waals surface area contributed by atoms with Crippen molar-refractivity contribution in [3.8, 4) is 0 Å². The summed E-state index contributed by atoms with van der Waals surface area (Å²) >= 11 is 0. The second-order valence-corrected chi connectivity index (χ2v) is 5.06. The minimum atomic E-state index is -0.799. The summed E-state index contributed by atoms with van der Waals surface area (Å²) in [6.07, 6.45) is 12.0. The molecule has 0 rings (SSSR count). The molecular formula is C18H30O4. The van der Waals surface area contributed by atoms with Gasteiger partial charge in [0.1, 0.15) is 6.26 Å². The van der Waals surface area contributed by atoms with Crippen molar-refractivity contribution in [2.45, 2.75) is 59.3 Å². The summed E-state index contributed by atoms with van der Waals surface area (Å²) in [5, 5.41) is 8.82. The zero-order valence-corrected chi connectivity index (χ0v) is 14.1. The molecule has 0 radical (unpaired) electrons. The van der Waals surface area contributed by atoms with Crippen LogP contribution in [0.3, 0.4) is 0 Å². The van der Waals surface area contributed by atoms with Gasteiger partial charge in [0.15, 0.2) is 5.76 Å². The molecule has 4 heteroatoms. The summed E-state index contributed by atoms with van der Waals surface area (Å²) in [5.74, 6) is -0.143. The number of hydrogen-bond donors (Lipinski definition) is 1. The average molecular weight is 310 g/mol. The lowest BCUT2D eigenvalue weighted by Crippen LogP contribution is -1.98. The molecule has 0 aliphatic rings. The van der Waals surface area contributed by atoms with Gasteiger partial charge in [-0.15, -0.1) is 0 Å². The maximum atomic E-state index is 10.7. The molecule has 0 aromatic carbocycles. The van der Waals surface area contributed by atoms with Gasteiger partial charge in [0.2, 0.25) is 0 Å². The Balaban J connectivity index is 4.81. The largest absolute Gasteiger partial charge is 0.497 e. The van der Waals surface area contributed by atoms with Crippen LogP contribution in [0.25, 0.3) is 0 Å². The quantitative estimate of drug-likeness (QED) is 0.301. The normalized spacial score (nSPS) is 12.7. The number of allylic oxidation sites excluding steroid dienone is 4. The van der Waals surface area contributed by atoms with Crippen LogP contribution in [-0.2, 0) is 14.3 Å². The summed E-state index contributed by atoms with van der Waals surface area (Å²) < 4.78 is 11.2. The van der Waals surface area contributed by atoms with Gasteiger partial charge in [-0.05, 0) is 37.8 Å². The Morgan fingerprint density at radius 2 is 1.77 bits per heavy atom. The topological polar surface area (TPSA) is 55.8 Å². The first kappa shape index (κ1) is 20.3. The number of carboxylic acid groups (broad SMARTS) is 1. The molecule has 1 N–H and O–H groups in total. The lowest BCUT2D eigenvalue weighted by Gasteiger charge is -2.09. The molecule has 126 valence electrons. The molecule has 22 heavy (non-hydrogen) atoms. The molecule has 0 saturated heterocycles. The smallest absolute Gasteiger partial charge is 0.303 e. The van der Waals surface area contributed by atoms with E-state index in [2.05, 4.69) is 13.8 Å². The van der Waals surface area contributed by atoms with Gasteiger partial charge in [0.25, 0.3) is 0 Å². The molecule has 0 saturated carbocycles. The summed E-state index contributed by atoms with van der Waals surface area (Å²) in [4.78, 5) is 10.7. The number of hydrogen-bond acceptors (Lipinski definition) is 3. The monoisotopic (exact) mass is 310 g/mol. The van der Waals surface area contributed by atoms with Crippen LogP contribution in [-0.4, -0.2) is 24.3 Å². The van der Waals surface area contributed by atoms with Crippen LogP contribution in [0.1, 0.15) is 59.3 Å². The highest BCUT2D eigenvalue weighted by Gasteiger charge is 2.03. The Hall–Kier alpha value is -1.71. The van der Waals surface area contributed by atoms with Gasteiger partial charge in [-0.25, -0.2) is 0 Å². The fraction of sp³-hybridized carbons (Fsp3) is 0.611. The van der Waals surface area contributed by atoms with Crippen molar-refractivity contribution < 1.29 is 19.4 Å². The number of carboxylic acids is 1. The van der Waals surface area contributed by atoms with E-state index < -0.39 is 5.97 Å². The lowest BCUT2D eigenvalue weighted by atomic mass is 10.1. The molecule has 0 aromatic heterocycles. The molecule has 0 unspecified atom stereocenters. The van der Waals surface area contributed by atoms with Crippen LogP contribution >= 0.6 is 0 Å². The van der Waals surface area contributed by atoms with Crippen LogP contribution in [0.5, 0.6) is 0 Å². The van der Waals surface area contributed by atoms with Gasteiger partial charge < -0.3 is 14.6 Å². The minimum absolute atomic E-state index is 0.106. The summed E-state index contributed by atoms with van der Waals surface area (Å²) in [6, 6.07) is 0. The second kappa shape index (κ2) is 14.2. The molecule has 0 amide bonds. The van der Waals surface area contributed by atoms with E-state index in [9.17, 15) is 4.79 Å². The van der Waals surface area contributed by atoms with Crippen LogP contribution in [0.2, 0.25) is 0 Å². The molecule has 0 fully saturated rings. The van der Waals surface area contributed by atoms with E-state index in [1.54, 1.807) is 6.26 Å². The second-order valence-electron chi connectivity index (χ2n) is 5.06. The first-order valence-corrected chi connectivity index (χ1v) is 8.13. The zero-order valence-electron chi connectivity index (χ0n) is 14.1. The predicted molar refractivity (Wildman–Crippen MR) is 89.6 cm³/mol. The van der Waals surface area contributed by atoms with Crippen molar-refractivity contribution in [2.24, 2.45) is 0 Å². The highest BCUT2D eigenvalue weighted by molar-refractivity contribution is 5.67. The molecule has 0 aliphatic heterocycles. The first-order valence-electron chi connectivity index (χ1n) is 8.13. The lowest BCUT2D eigenvalue weighted by molar-refractivity contribution is -0.136.